The highest BCUT2D eigenvalue weighted by molar-refractivity contribution is 5.88. The molecule has 0 aromatic carbocycles. The number of urea groups is 1. The predicted octanol–water partition coefficient (Wildman–Crippen LogP) is 2.50. The number of carbonyl (C=O) groups excluding carboxylic acids is 1. The second-order valence-electron chi connectivity index (χ2n) is 5.08. The van der Waals surface area contributed by atoms with Crippen molar-refractivity contribution >= 4 is 11.8 Å². The van der Waals surface area contributed by atoms with Crippen LogP contribution in [0.2, 0.25) is 0 Å². The molecule has 0 unspecified atom stereocenters. The summed E-state index contributed by atoms with van der Waals surface area (Å²) in [4.78, 5) is 11.4. The van der Waals surface area contributed by atoms with Gasteiger partial charge in [-0.05, 0) is 13.8 Å². The Balaban J connectivity index is 2.62. The number of rotatable bonds is 2. The van der Waals surface area contributed by atoms with E-state index in [0.29, 0.717) is 5.82 Å². The summed E-state index contributed by atoms with van der Waals surface area (Å²) in [6.07, 6.45) is 0. The Kier molecular flexibility index (Phi) is 3.57. The first-order valence-corrected chi connectivity index (χ1v) is 5.34. The van der Waals surface area contributed by atoms with Gasteiger partial charge in [0.25, 0.3) is 0 Å². The van der Waals surface area contributed by atoms with Crippen molar-refractivity contribution in [3.8, 4) is 0 Å². The van der Waals surface area contributed by atoms with Gasteiger partial charge in [-0.2, -0.15) is 0 Å². The molecule has 5 heteroatoms. The number of nitrogens with zero attached hydrogens (tertiary/aromatic N) is 1. The van der Waals surface area contributed by atoms with Crippen molar-refractivity contribution in [2.45, 2.75) is 46.1 Å². The van der Waals surface area contributed by atoms with E-state index >= 15 is 0 Å². The van der Waals surface area contributed by atoms with Crippen LogP contribution in [0.5, 0.6) is 0 Å². The van der Waals surface area contributed by atoms with E-state index in [0.717, 1.165) is 5.76 Å². The average Bonchev–Trinajstić information content (AvgIpc) is 2.49. The smallest absolute Gasteiger partial charge is 0.320 e. The first-order valence-electron chi connectivity index (χ1n) is 5.34. The zero-order chi connectivity index (χ0) is 12.3. The van der Waals surface area contributed by atoms with Crippen LogP contribution in [0.15, 0.2) is 10.6 Å². The molecule has 0 fully saturated rings. The van der Waals surface area contributed by atoms with Gasteiger partial charge in [0.15, 0.2) is 5.82 Å². The normalized spacial score (nSPS) is 11.6. The van der Waals surface area contributed by atoms with Gasteiger partial charge < -0.3 is 9.84 Å². The van der Waals surface area contributed by atoms with Crippen LogP contribution >= 0.6 is 0 Å². The highest BCUT2D eigenvalue weighted by Gasteiger charge is 2.20. The van der Waals surface area contributed by atoms with Crippen LogP contribution in [0, 0.1) is 0 Å². The molecule has 5 nitrogen and oxygen atoms in total. The minimum Gasteiger partial charge on any atom is -0.359 e. The topological polar surface area (TPSA) is 67.2 Å². The van der Waals surface area contributed by atoms with Gasteiger partial charge in [0.05, 0.1) is 0 Å². The number of carbonyl (C=O) groups is 1. The molecule has 0 atom stereocenters. The van der Waals surface area contributed by atoms with E-state index in [1.807, 2.05) is 34.6 Å². The molecule has 0 aliphatic rings. The van der Waals surface area contributed by atoms with E-state index in [1.165, 1.54) is 0 Å². The summed E-state index contributed by atoms with van der Waals surface area (Å²) in [5.41, 5.74) is -0.110. The molecule has 2 N–H and O–H groups in total. The predicted molar refractivity (Wildman–Crippen MR) is 62.5 cm³/mol. The molecule has 1 aromatic rings. The molecule has 0 radical (unpaired) electrons. The third-order valence-electron chi connectivity index (χ3n) is 1.91. The lowest BCUT2D eigenvalue weighted by atomic mass is 9.93. The number of nitrogens with one attached hydrogen (secondary N) is 2. The Labute approximate surface area is 95.6 Å². The maximum Gasteiger partial charge on any atom is 0.320 e. The molecular formula is C11H19N3O2. The number of hydrogen-bond donors (Lipinski definition) is 2. The van der Waals surface area contributed by atoms with Crippen LogP contribution in [-0.2, 0) is 5.41 Å². The van der Waals surface area contributed by atoms with E-state index in [4.69, 9.17) is 4.52 Å². The third kappa shape index (κ3) is 3.56. The van der Waals surface area contributed by atoms with E-state index in [2.05, 4.69) is 15.8 Å². The fourth-order valence-corrected chi connectivity index (χ4v) is 1.10. The molecule has 0 spiro atoms. The fourth-order valence-electron chi connectivity index (χ4n) is 1.10. The quantitative estimate of drug-likeness (QED) is 0.812. The summed E-state index contributed by atoms with van der Waals surface area (Å²) in [7, 11) is 0. The first kappa shape index (κ1) is 12.5. The summed E-state index contributed by atoms with van der Waals surface area (Å²) in [6, 6.07) is 1.55. The largest absolute Gasteiger partial charge is 0.359 e. The van der Waals surface area contributed by atoms with Gasteiger partial charge in [0.1, 0.15) is 5.76 Å². The molecule has 1 aromatic heterocycles. The van der Waals surface area contributed by atoms with Crippen LogP contribution in [0.1, 0.15) is 40.4 Å². The molecule has 1 heterocycles. The van der Waals surface area contributed by atoms with Gasteiger partial charge in [0.2, 0.25) is 0 Å². The Morgan fingerprint density at radius 3 is 2.50 bits per heavy atom. The lowest BCUT2D eigenvalue weighted by Crippen LogP contribution is -2.34. The zero-order valence-corrected chi connectivity index (χ0v) is 10.4. The number of anilines is 1. The monoisotopic (exact) mass is 225 g/mol. The Hall–Kier alpha value is -1.52. The highest BCUT2D eigenvalue weighted by Crippen LogP contribution is 2.24. The van der Waals surface area contributed by atoms with Crippen LogP contribution in [0.25, 0.3) is 0 Å². The lowest BCUT2D eigenvalue weighted by molar-refractivity contribution is 0.249. The zero-order valence-electron chi connectivity index (χ0n) is 10.4. The van der Waals surface area contributed by atoms with Gasteiger partial charge in [0, 0.05) is 17.5 Å². The maximum absolute atomic E-state index is 11.4. The minimum absolute atomic E-state index is 0.0917. The van der Waals surface area contributed by atoms with Gasteiger partial charge >= 0.3 is 6.03 Å². The van der Waals surface area contributed by atoms with Gasteiger partial charge in [-0.15, -0.1) is 0 Å². The van der Waals surface area contributed by atoms with Crippen LogP contribution < -0.4 is 10.6 Å². The Bertz CT molecular complexity index is 364. The van der Waals surface area contributed by atoms with Crippen LogP contribution in [-0.4, -0.2) is 17.2 Å². The van der Waals surface area contributed by atoms with Crippen LogP contribution in [0.3, 0.4) is 0 Å². The van der Waals surface area contributed by atoms with Crippen molar-refractivity contribution in [2.75, 3.05) is 5.32 Å². The summed E-state index contributed by atoms with van der Waals surface area (Å²) in [5, 5.41) is 9.10. The maximum atomic E-state index is 11.4. The molecule has 90 valence electrons. The van der Waals surface area contributed by atoms with E-state index in [1.54, 1.807) is 6.07 Å². The third-order valence-corrected chi connectivity index (χ3v) is 1.91. The minimum atomic E-state index is -0.274. The molecule has 0 aliphatic carbocycles. The summed E-state index contributed by atoms with van der Waals surface area (Å²) in [6.45, 7) is 9.84. The molecule has 2 amide bonds. The molecule has 0 bridgehead atoms. The van der Waals surface area contributed by atoms with Gasteiger partial charge in [-0.3, -0.25) is 5.32 Å². The van der Waals surface area contributed by atoms with Crippen LogP contribution in [0.4, 0.5) is 10.6 Å². The Morgan fingerprint density at radius 2 is 2.06 bits per heavy atom. The number of aromatic nitrogens is 1. The lowest BCUT2D eigenvalue weighted by Gasteiger charge is -2.12. The molecular weight excluding hydrogens is 206 g/mol. The fraction of sp³-hybridized carbons (Fsp3) is 0.636. The second kappa shape index (κ2) is 4.55. The number of amides is 2. The van der Waals surface area contributed by atoms with Crippen molar-refractivity contribution in [3.63, 3.8) is 0 Å². The molecule has 16 heavy (non-hydrogen) atoms. The van der Waals surface area contributed by atoms with Crippen molar-refractivity contribution in [1.82, 2.24) is 10.5 Å². The first-order chi connectivity index (χ1) is 7.29. The Morgan fingerprint density at radius 1 is 1.44 bits per heavy atom. The summed E-state index contributed by atoms with van der Waals surface area (Å²) < 4.78 is 5.14. The summed E-state index contributed by atoms with van der Waals surface area (Å²) in [5.74, 6) is 1.18. The van der Waals surface area contributed by atoms with Crippen molar-refractivity contribution < 1.29 is 9.32 Å². The van der Waals surface area contributed by atoms with Crippen molar-refractivity contribution in [3.05, 3.63) is 11.8 Å². The van der Waals surface area contributed by atoms with Crippen molar-refractivity contribution in [2.24, 2.45) is 0 Å². The second-order valence-corrected chi connectivity index (χ2v) is 5.08. The molecule has 0 saturated carbocycles. The highest BCUT2D eigenvalue weighted by atomic mass is 16.5. The molecule has 0 saturated heterocycles. The molecule has 0 aliphatic heterocycles. The molecule has 1 rings (SSSR count). The summed E-state index contributed by atoms with van der Waals surface area (Å²) >= 11 is 0. The van der Waals surface area contributed by atoms with Gasteiger partial charge in [-0.1, -0.05) is 25.9 Å². The van der Waals surface area contributed by atoms with Gasteiger partial charge in [-0.25, -0.2) is 4.79 Å². The van der Waals surface area contributed by atoms with Crippen molar-refractivity contribution in [1.29, 1.82) is 0 Å². The SMILES string of the molecule is CC(C)NC(=O)Nc1cc(C(C)(C)C)on1. The number of hydrogen-bond acceptors (Lipinski definition) is 3. The van der Waals surface area contributed by atoms with E-state index in [-0.39, 0.29) is 17.5 Å². The van der Waals surface area contributed by atoms with E-state index < -0.39 is 0 Å². The standard InChI is InChI=1S/C11H19N3O2/c1-7(2)12-10(15)13-9-6-8(16-14-9)11(3,4)5/h6-7H,1-5H3,(H2,12,13,14,15). The van der Waals surface area contributed by atoms with E-state index in [9.17, 15) is 4.79 Å². The average molecular weight is 225 g/mol.